The minimum atomic E-state index is -0.664. The van der Waals surface area contributed by atoms with E-state index in [-0.39, 0.29) is 12.1 Å². The second-order valence-electron chi connectivity index (χ2n) is 12.9. The first-order chi connectivity index (χ1) is 20.8. The minimum absolute atomic E-state index is 0.202. The Labute approximate surface area is 263 Å². The summed E-state index contributed by atoms with van der Waals surface area (Å²) in [5.74, 6) is -0.0240. The van der Waals surface area contributed by atoms with E-state index >= 15 is 0 Å². The molecule has 0 bridgehead atoms. The maximum absolute atomic E-state index is 12.2. The summed E-state index contributed by atoms with van der Waals surface area (Å²) in [6.07, 6.45) is 29.2. The number of hydrogen-bond donors (Lipinski definition) is 3. The Kier molecular flexibility index (Phi) is 24.7. The summed E-state index contributed by atoms with van der Waals surface area (Å²) >= 11 is 0. The summed E-state index contributed by atoms with van der Waals surface area (Å²) in [4.78, 5) is 23.8. The van der Waals surface area contributed by atoms with Gasteiger partial charge < -0.3 is 20.1 Å². The number of Topliss-reactive ketones (excluding diaryl/α,β-unsaturated/α-hetero) is 1. The third-order valence-corrected chi connectivity index (χ3v) is 8.61. The topological polar surface area (TPSA) is 104 Å². The number of ether oxygens (including phenoxy) is 1. The van der Waals surface area contributed by atoms with Gasteiger partial charge in [0.1, 0.15) is 11.9 Å². The largest absolute Gasteiger partial charge is 0.455 e. The standard InChI is InChI=1S/C37H66O6/c1-3-4-5-6-7-8-9-10-11-12-13-14-15-22-27-35(40)36(41)28-23-17-16-19-24-33(38)25-20-18-21-26-34(39)30-32-29-31(2)43-37(32)42/h14-15,29,31,34-36,39-41H,3-13,16-28,30H2,1-2H3/b15-14+/t31-,34+,35?,36?/m0/s1. The van der Waals surface area contributed by atoms with Gasteiger partial charge in [0, 0.05) is 24.8 Å². The first kappa shape index (κ1) is 39.5. The van der Waals surface area contributed by atoms with Gasteiger partial charge in [-0.3, -0.25) is 4.79 Å². The molecule has 1 heterocycles. The van der Waals surface area contributed by atoms with Crippen molar-refractivity contribution in [3.8, 4) is 0 Å². The molecule has 0 spiro atoms. The van der Waals surface area contributed by atoms with Crippen molar-refractivity contribution in [3.05, 3.63) is 23.8 Å². The average molecular weight is 607 g/mol. The fraction of sp³-hybridized carbons (Fsp3) is 0.838. The third kappa shape index (κ3) is 22.6. The van der Waals surface area contributed by atoms with E-state index < -0.39 is 18.3 Å². The second-order valence-corrected chi connectivity index (χ2v) is 12.9. The van der Waals surface area contributed by atoms with E-state index in [1.807, 2.05) is 6.92 Å². The molecule has 1 aliphatic heterocycles. The highest BCUT2D eigenvalue weighted by molar-refractivity contribution is 5.90. The normalized spacial score (nSPS) is 17.3. The van der Waals surface area contributed by atoms with E-state index in [2.05, 4.69) is 19.1 Å². The SMILES string of the molecule is CCCCCCCCCCCC/C=C/CCC(O)C(O)CCCCCCC(=O)CCCCC[C@@H](O)CC1=C[C@H](C)OC1=O. The number of aliphatic hydroxyl groups is 3. The number of esters is 1. The maximum Gasteiger partial charge on any atom is 0.334 e. The van der Waals surface area contributed by atoms with Crippen molar-refractivity contribution in [2.24, 2.45) is 0 Å². The molecule has 1 rings (SSSR count). The highest BCUT2D eigenvalue weighted by Gasteiger charge is 2.24. The van der Waals surface area contributed by atoms with Gasteiger partial charge in [0.15, 0.2) is 0 Å². The van der Waals surface area contributed by atoms with Crippen LogP contribution in [0.15, 0.2) is 23.8 Å². The first-order valence-electron chi connectivity index (χ1n) is 18.0. The Hall–Kier alpha value is -1.50. The van der Waals surface area contributed by atoms with Crippen LogP contribution in [-0.2, 0) is 14.3 Å². The molecule has 1 aliphatic rings. The summed E-state index contributed by atoms with van der Waals surface area (Å²) < 4.78 is 5.06. The average Bonchev–Trinajstić information content (AvgIpc) is 3.30. The molecular weight excluding hydrogens is 540 g/mol. The summed E-state index contributed by atoms with van der Waals surface area (Å²) in [5.41, 5.74) is 0.568. The van der Waals surface area contributed by atoms with E-state index in [9.17, 15) is 24.9 Å². The van der Waals surface area contributed by atoms with Gasteiger partial charge in [0.25, 0.3) is 0 Å². The number of carbonyl (C=O) groups excluding carboxylic acids is 2. The van der Waals surface area contributed by atoms with Gasteiger partial charge in [0.2, 0.25) is 0 Å². The van der Waals surface area contributed by atoms with E-state index in [1.54, 1.807) is 6.08 Å². The third-order valence-electron chi connectivity index (χ3n) is 8.61. The van der Waals surface area contributed by atoms with Crippen molar-refractivity contribution in [2.45, 2.75) is 199 Å². The highest BCUT2D eigenvalue weighted by Crippen LogP contribution is 2.21. The monoisotopic (exact) mass is 606 g/mol. The molecule has 0 aliphatic carbocycles. The fourth-order valence-electron chi connectivity index (χ4n) is 5.81. The minimum Gasteiger partial charge on any atom is -0.455 e. The van der Waals surface area contributed by atoms with Crippen LogP contribution in [0.4, 0.5) is 0 Å². The lowest BCUT2D eigenvalue weighted by Crippen LogP contribution is -2.25. The van der Waals surface area contributed by atoms with Gasteiger partial charge in [0.05, 0.1) is 18.3 Å². The number of unbranched alkanes of at least 4 members (excludes halogenated alkanes) is 15. The van der Waals surface area contributed by atoms with Gasteiger partial charge in [-0.2, -0.15) is 0 Å². The van der Waals surface area contributed by atoms with Crippen LogP contribution in [0, 0.1) is 0 Å². The van der Waals surface area contributed by atoms with Gasteiger partial charge in [-0.1, -0.05) is 109 Å². The van der Waals surface area contributed by atoms with Crippen LogP contribution >= 0.6 is 0 Å². The summed E-state index contributed by atoms with van der Waals surface area (Å²) in [6.45, 7) is 4.07. The van der Waals surface area contributed by atoms with Crippen LogP contribution < -0.4 is 0 Å². The summed E-state index contributed by atoms with van der Waals surface area (Å²) in [6, 6.07) is 0. The van der Waals surface area contributed by atoms with Gasteiger partial charge in [-0.05, 0) is 64.4 Å². The molecule has 0 fully saturated rings. The van der Waals surface area contributed by atoms with E-state index in [0.29, 0.717) is 49.9 Å². The number of carbonyl (C=O) groups is 2. The predicted octanol–water partition coefficient (Wildman–Crippen LogP) is 8.84. The number of allylic oxidation sites excluding steroid dienone is 2. The highest BCUT2D eigenvalue weighted by atomic mass is 16.5. The lowest BCUT2D eigenvalue weighted by Gasteiger charge is -2.17. The zero-order valence-electron chi connectivity index (χ0n) is 27.8. The molecule has 6 heteroatoms. The molecule has 250 valence electrons. The Bertz CT molecular complexity index is 760. The Balaban J connectivity index is 1.89. The van der Waals surface area contributed by atoms with Crippen LogP contribution in [0.25, 0.3) is 0 Å². The predicted molar refractivity (Wildman–Crippen MR) is 177 cm³/mol. The van der Waals surface area contributed by atoms with Gasteiger partial charge in [-0.25, -0.2) is 4.79 Å². The number of rotatable bonds is 30. The van der Waals surface area contributed by atoms with Crippen molar-refractivity contribution < 1.29 is 29.6 Å². The summed E-state index contributed by atoms with van der Waals surface area (Å²) in [7, 11) is 0. The van der Waals surface area contributed by atoms with Gasteiger partial charge >= 0.3 is 5.97 Å². The second kappa shape index (κ2) is 26.9. The maximum atomic E-state index is 12.2. The van der Waals surface area contributed by atoms with E-state index in [4.69, 9.17) is 4.74 Å². The van der Waals surface area contributed by atoms with Crippen LogP contribution in [0.2, 0.25) is 0 Å². The van der Waals surface area contributed by atoms with Crippen LogP contribution in [0.1, 0.15) is 174 Å². The molecule has 0 aromatic carbocycles. The van der Waals surface area contributed by atoms with Crippen molar-refractivity contribution in [1.29, 1.82) is 0 Å². The van der Waals surface area contributed by atoms with Crippen molar-refractivity contribution >= 4 is 11.8 Å². The quantitative estimate of drug-likeness (QED) is 0.0429. The Morgan fingerprint density at radius 1 is 0.721 bits per heavy atom. The fourth-order valence-corrected chi connectivity index (χ4v) is 5.81. The summed E-state index contributed by atoms with van der Waals surface area (Å²) in [5, 5.41) is 30.7. The molecular formula is C37H66O6. The zero-order chi connectivity index (χ0) is 31.5. The molecule has 6 nitrogen and oxygen atoms in total. The van der Waals surface area contributed by atoms with Crippen molar-refractivity contribution in [1.82, 2.24) is 0 Å². The number of aliphatic hydroxyl groups excluding tert-OH is 3. The Morgan fingerprint density at radius 3 is 1.86 bits per heavy atom. The van der Waals surface area contributed by atoms with E-state index in [1.165, 1.54) is 64.2 Å². The molecule has 0 radical (unpaired) electrons. The number of hydrogen-bond acceptors (Lipinski definition) is 6. The molecule has 0 amide bonds. The molecule has 0 aromatic rings. The lowest BCUT2D eigenvalue weighted by molar-refractivity contribution is -0.139. The molecule has 0 saturated carbocycles. The van der Waals surface area contributed by atoms with Gasteiger partial charge in [-0.15, -0.1) is 0 Å². The molecule has 4 atom stereocenters. The molecule has 0 aromatic heterocycles. The van der Waals surface area contributed by atoms with Crippen LogP contribution in [0.3, 0.4) is 0 Å². The zero-order valence-corrected chi connectivity index (χ0v) is 27.8. The molecule has 2 unspecified atom stereocenters. The van der Waals surface area contributed by atoms with E-state index in [0.717, 1.165) is 57.8 Å². The number of ketones is 1. The first-order valence-corrected chi connectivity index (χ1v) is 18.0. The van der Waals surface area contributed by atoms with Crippen molar-refractivity contribution in [3.63, 3.8) is 0 Å². The van der Waals surface area contributed by atoms with Crippen LogP contribution in [-0.4, -0.2) is 51.5 Å². The Morgan fingerprint density at radius 2 is 1.23 bits per heavy atom. The van der Waals surface area contributed by atoms with Crippen LogP contribution in [0.5, 0.6) is 0 Å². The lowest BCUT2D eigenvalue weighted by atomic mass is 9.99. The molecule has 0 saturated heterocycles. The smallest absolute Gasteiger partial charge is 0.334 e. The number of cyclic esters (lactones) is 1. The van der Waals surface area contributed by atoms with Crippen molar-refractivity contribution in [2.75, 3.05) is 0 Å². The molecule has 3 N–H and O–H groups in total. The molecule has 43 heavy (non-hydrogen) atoms.